The number of nitrogens with one attached hydrogen (secondary N) is 1. The van der Waals surface area contributed by atoms with Gasteiger partial charge in [-0.15, -0.1) is 0 Å². The molecule has 6 heteroatoms. The predicted molar refractivity (Wildman–Crippen MR) is 87.9 cm³/mol. The molecule has 0 radical (unpaired) electrons. The van der Waals surface area contributed by atoms with Gasteiger partial charge in [0, 0.05) is 32.0 Å². The van der Waals surface area contributed by atoms with E-state index < -0.39 is 0 Å². The van der Waals surface area contributed by atoms with Gasteiger partial charge in [-0.2, -0.15) is 11.3 Å². The van der Waals surface area contributed by atoms with Crippen molar-refractivity contribution < 1.29 is 4.79 Å². The molecule has 0 bridgehead atoms. The van der Waals surface area contributed by atoms with E-state index in [-0.39, 0.29) is 6.03 Å². The first-order valence-electron chi connectivity index (χ1n) is 7.67. The molecular formula is C16H22N4OS. The minimum absolute atomic E-state index is 0.0302. The molecular weight excluding hydrogens is 296 g/mol. The van der Waals surface area contributed by atoms with Gasteiger partial charge in [0.1, 0.15) is 0 Å². The molecule has 3 rings (SSSR count). The van der Waals surface area contributed by atoms with Crippen LogP contribution in [0.3, 0.4) is 0 Å². The van der Waals surface area contributed by atoms with Gasteiger partial charge in [0.15, 0.2) is 0 Å². The van der Waals surface area contributed by atoms with Crippen LogP contribution in [0.2, 0.25) is 0 Å². The van der Waals surface area contributed by atoms with Gasteiger partial charge in [0.05, 0.1) is 12.4 Å². The van der Waals surface area contributed by atoms with E-state index in [4.69, 9.17) is 0 Å². The minimum Gasteiger partial charge on any atom is -0.334 e. The Hall–Kier alpha value is -1.82. The van der Waals surface area contributed by atoms with Gasteiger partial charge in [-0.25, -0.2) is 9.78 Å². The molecule has 1 aliphatic heterocycles. The van der Waals surface area contributed by atoms with Crippen molar-refractivity contribution in [2.45, 2.75) is 32.9 Å². The fourth-order valence-corrected chi connectivity index (χ4v) is 3.79. The van der Waals surface area contributed by atoms with Crippen LogP contribution in [0.15, 0.2) is 29.5 Å². The van der Waals surface area contributed by atoms with Crippen LogP contribution in [-0.2, 0) is 6.54 Å². The molecule has 3 heterocycles. The van der Waals surface area contributed by atoms with E-state index in [0.29, 0.717) is 18.5 Å². The lowest BCUT2D eigenvalue weighted by Gasteiger charge is -2.37. The molecule has 1 N–H and O–H groups in total. The number of thiophene rings is 1. The summed E-state index contributed by atoms with van der Waals surface area (Å²) in [6.45, 7) is 6.49. The van der Waals surface area contributed by atoms with Crippen molar-refractivity contribution in [3.8, 4) is 0 Å². The second-order valence-electron chi connectivity index (χ2n) is 6.03. The summed E-state index contributed by atoms with van der Waals surface area (Å²) in [6.07, 6.45) is 6.65. The van der Waals surface area contributed by atoms with Crippen LogP contribution in [0, 0.1) is 12.8 Å². The molecule has 2 atom stereocenters. The molecule has 0 aliphatic carbocycles. The molecule has 0 spiro atoms. The average Bonchev–Trinajstić information content (AvgIpc) is 3.17. The number of amides is 2. The third-order valence-corrected chi connectivity index (χ3v) is 5.42. The van der Waals surface area contributed by atoms with Gasteiger partial charge in [0.25, 0.3) is 0 Å². The monoisotopic (exact) mass is 318 g/mol. The Balaban J connectivity index is 1.60. The topological polar surface area (TPSA) is 50.2 Å². The number of piperidine rings is 1. The maximum atomic E-state index is 12.4. The van der Waals surface area contributed by atoms with Crippen LogP contribution in [0.5, 0.6) is 0 Å². The highest BCUT2D eigenvalue weighted by atomic mass is 32.1. The highest BCUT2D eigenvalue weighted by Gasteiger charge is 2.29. The van der Waals surface area contributed by atoms with Crippen molar-refractivity contribution in [2.24, 2.45) is 5.92 Å². The SMILES string of the molecule is Cc1cscc1CNC(=O)N1CC[C@H](C)[C@@H](n2ccnc2)C1. The highest BCUT2D eigenvalue weighted by Crippen LogP contribution is 2.27. The summed E-state index contributed by atoms with van der Waals surface area (Å²) in [6, 6.07) is 0.340. The average molecular weight is 318 g/mol. The Morgan fingerprint density at radius 2 is 2.36 bits per heavy atom. The quantitative estimate of drug-likeness (QED) is 0.945. The standard InChI is InChI=1S/C16H22N4OS/c1-12-3-5-19(8-15(12)20-6-4-17-11-20)16(21)18-7-14-10-22-9-13(14)2/h4,6,9-12,15H,3,5,7-8H2,1-2H3,(H,18,21)/t12-,15-/m0/s1. The summed E-state index contributed by atoms with van der Waals surface area (Å²) in [5, 5.41) is 7.25. The predicted octanol–water partition coefficient (Wildman–Crippen LogP) is 3.05. The van der Waals surface area contributed by atoms with Crippen LogP contribution in [-0.4, -0.2) is 33.6 Å². The van der Waals surface area contributed by atoms with Gasteiger partial charge >= 0.3 is 6.03 Å². The van der Waals surface area contributed by atoms with Crippen LogP contribution >= 0.6 is 11.3 Å². The Morgan fingerprint density at radius 1 is 1.50 bits per heavy atom. The molecule has 0 unspecified atom stereocenters. The molecule has 1 aliphatic rings. The second-order valence-corrected chi connectivity index (χ2v) is 6.77. The molecule has 1 fully saturated rings. The number of likely N-dealkylation sites (tertiary alicyclic amines) is 1. The minimum atomic E-state index is 0.0302. The third-order valence-electron chi connectivity index (χ3n) is 4.51. The van der Waals surface area contributed by atoms with Crippen molar-refractivity contribution in [3.05, 3.63) is 40.6 Å². The number of aromatic nitrogens is 2. The molecule has 2 amide bonds. The fraction of sp³-hybridized carbons (Fsp3) is 0.500. The summed E-state index contributed by atoms with van der Waals surface area (Å²) in [4.78, 5) is 18.5. The number of hydrogen-bond acceptors (Lipinski definition) is 3. The highest BCUT2D eigenvalue weighted by molar-refractivity contribution is 7.08. The van der Waals surface area contributed by atoms with E-state index >= 15 is 0 Å². The molecule has 2 aromatic heterocycles. The normalized spacial score (nSPS) is 21.8. The molecule has 5 nitrogen and oxygen atoms in total. The lowest BCUT2D eigenvalue weighted by Crippen LogP contribution is -2.47. The molecule has 2 aromatic rings. The first-order chi connectivity index (χ1) is 10.6. The van der Waals surface area contributed by atoms with Crippen molar-refractivity contribution in [1.29, 1.82) is 0 Å². The van der Waals surface area contributed by atoms with E-state index in [2.05, 4.69) is 39.5 Å². The Bertz CT molecular complexity index is 622. The number of carbonyl (C=O) groups excluding carboxylic acids is 1. The van der Waals surface area contributed by atoms with Crippen LogP contribution in [0.25, 0.3) is 0 Å². The molecule has 0 saturated carbocycles. The van der Waals surface area contributed by atoms with Gasteiger partial charge in [-0.3, -0.25) is 0 Å². The Kier molecular flexibility index (Phi) is 4.47. The van der Waals surface area contributed by atoms with E-state index in [1.165, 1.54) is 11.1 Å². The van der Waals surface area contributed by atoms with Gasteiger partial charge in [-0.1, -0.05) is 6.92 Å². The van der Waals surface area contributed by atoms with E-state index in [0.717, 1.165) is 19.5 Å². The lowest BCUT2D eigenvalue weighted by molar-refractivity contribution is 0.140. The molecule has 22 heavy (non-hydrogen) atoms. The summed E-state index contributed by atoms with van der Waals surface area (Å²) >= 11 is 1.68. The summed E-state index contributed by atoms with van der Waals surface area (Å²) in [7, 11) is 0. The lowest BCUT2D eigenvalue weighted by atomic mass is 9.93. The maximum absolute atomic E-state index is 12.4. The van der Waals surface area contributed by atoms with Crippen LogP contribution in [0.4, 0.5) is 4.79 Å². The molecule has 1 saturated heterocycles. The van der Waals surface area contributed by atoms with Crippen LogP contribution < -0.4 is 5.32 Å². The van der Waals surface area contributed by atoms with Gasteiger partial charge in [0.2, 0.25) is 0 Å². The zero-order valence-corrected chi connectivity index (χ0v) is 13.8. The number of urea groups is 1. The van der Waals surface area contributed by atoms with Crippen molar-refractivity contribution >= 4 is 17.4 Å². The van der Waals surface area contributed by atoms with E-state index in [1.807, 2.05) is 17.4 Å². The maximum Gasteiger partial charge on any atom is 0.317 e. The number of hydrogen-bond donors (Lipinski definition) is 1. The number of rotatable bonds is 3. The first kappa shape index (κ1) is 15.1. The summed E-state index contributed by atoms with van der Waals surface area (Å²) in [5.41, 5.74) is 2.45. The number of nitrogens with zero attached hydrogens (tertiary/aromatic N) is 3. The van der Waals surface area contributed by atoms with Gasteiger partial charge < -0.3 is 14.8 Å². The van der Waals surface area contributed by atoms with Crippen molar-refractivity contribution in [1.82, 2.24) is 19.8 Å². The number of imidazole rings is 1. The Morgan fingerprint density at radius 3 is 3.05 bits per heavy atom. The smallest absolute Gasteiger partial charge is 0.317 e. The van der Waals surface area contributed by atoms with Crippen molar-refractivity contribution in [3.63, 3.8) is 0 Å². The summed E-state index contributed by atoms with van der Waals surface area (Å²) < 4.78 is 2.12. The van der Waals surface area contributed by atoms with Crippen LogP contribution in [0.1, 0.15) is 30.5 Å². The zero-order chi connectivity index (χ0) is 15.5. The number of aryl methyl sites for hydroxylation is 1. The third kappa shape index (κ3) is 3.16. The fourth-order valence-electron chi connectivity index (χ4n) is 2.94. The summed E-state index contributed by atoms with van der Waals surface area (Å²) in [5.74, 6) is 0.553. The second kappa shape index (κ2) is 6.52. The number of carbonyl (C=O) groups is 1. The zero-order valence-electron chi connectivity index (χ0n) is 13.0. The van der Waals surface area contributed by atoms with E-state index in [1.54, 1.807) is 17.5 Å². The van der Waals surface area contributed by atoms with E-state index in [9.17, 15) is 4.79 Å². The largest absolute Gasteiger partial charge is 0.334 e. The Labute approximate surface area is 135 Å². The van der Waals surface area contributed by atoms with Gasteiger partial charge in [-0.05, 0) is 41.1 Å². The van der Waals surface area contributed by atoms with Crippen molar-refractivity contribution in [2.75, 3.05) is 13.1 Å². The molecule has 0 aromatic carbocycles. The molecule has 118 valence electrons. The first-order valence-corrected chi connectivity index (χ1v) is 8.61.